The van der Waals surface area contributed by atoms with Crippen molar-refractivity contribution in [1.82, 2.24) is 24.9 Å². The van der Waals surface area contributed by atoms with E-state index in [1.807, 2.05) is 46.2 Å². The lowest BCUT2D eigenvalue weighted by Crippen LogP contribution is -2.56. The first-order valence-electron chi connectivity index (χ1n) is 16.2. The van der Waals surface area contributed by atoms with E-state index in [0.717, 1.165) is 66.7 Å². The largest absolute Gasteiger partial charge is 0.436 e. The van der Waals surface area contributed by atoms with Crippen LogP contribution in [0.15, 0.2) is 46.9 Å². The average Bonchev–Trinajstić information content (AvgIpc) is 3.24. The number of para-hydroxylation sites is 1. The molecule has 4 aliphatic heterocycles. The van der Waals surface area contributed by atoms with Gasteiger partial charge in [0.15, 0.2) is 6.10 Å². The SMILES string of the molecule is Nc1ccc(CC(OC(=O)N2CCC(N3CCc4ccccc4NC3=O)CC2)C(=O)N2CCN(C3CCNCC3)CC2)cc1Br. The van der Waals surface area contributed by atoms with Crippen molar-refractivity contribution in [2.45, 2.75) is 56.7 Å². The molecule has 11 nitrogen and oxygen atoms in total. The van der Waals surface area contributed by atoms with Crippen molar-refractivity contribution in [2.75, 3.05) is 70.0 Å². The molecule has 1 atom stereocenters. The highest BCUT2D eigenvalue weighted by Crippen LogP contribution is 2.26. The minimum absolute atomic E-state index is 0.0316. The third kappa shape index (κ3) is 7.56. The highest BCUT2D eigenvalue weighted by molar-refractivity contribution is 9.10. The fraction of sp³-hybridized carbons (Fsp3) is 0.545. The number of piperidine rings is 2. The van der Waals surface area contributed by atoms with E-state index in [2.05, 4.69) is 31.5 Å². The zero-order chi connectivity index (χ0) is 31.3. The topological polar surface area (TPSA) is 123 Å². The first kappa shape index (κ1) is 31.6. The monoisotopic (exact) mass is 681 g/mol. The van der Waals surface area contributed by atoms with Gasteiger partial charge in [-0.3, -0.25) is 9.69 Å². The Kier molecular flexibility index (Phi) is 10.1. The summed E-state index contributed by atoms with van der Waals surface area (Å²) in [6, 6.07) is 13.9. The van der Waals surface area contributed by atoms with E-state index in [0.29, 0.717) is 57.3 Å². The van der Waals surface area contributed by atoms with Crippen LogP contribution in [0.5, 0.6) is 0 Å². The Balaban J connectivity index is 1.07. The molecule has 0 aromatic heterocycles. The van der Waals surface area contributed by atoms with Gasteiger partial charge in [0.2, 0.25) is 0 Å². The number of nitrogens with zero attached hydrogens (tertiary/aromatic N) is 4. The van der Waals surface area contributed by atoms with E-state index < -0.39 is 12.2 Å². The van der Waals surface area contributed by atoms with Gasteiger partial charge in [-0.1, -0.05) is 24.3 Å². The molecule has 4 aliphatic rings. The molecule has 3 fully saturated rings. The molecule has 0 aliphatic carbocycles. The van der Waals surface area contributed by atoms with Crippen LogP contribution in [0.25, 0.3) is 0 Å². The lowest BCUT2D eigenvalue weighted by molar-refractivity contribution is -0.143. The quantitative estimate of drug-likeness (QED) is 0.399. The molecule has 242 valence electrons. The first-order valence-corrected chi connectivity index (χ1v) is 17.0. The summed E-state index contributed by atoms with van der Waals surface area (Å²) >= 11 is 3.48. The molecule has 0 bridgehead atoms. The van der Waals surface area contributed by atoms with Crippen molar-refractivity contribution in [3.05, 3.63) is 58.1 Å². The first-order chi connectivity index (χ1) is 21.9. The molecule has 12 heteroatoms. The molecule has 2 aromatic rings. The Morgan fingerprint density at radius 1 is 0.911 bits per heavy atom. The van der Waals surface area contributed by atoms with Crippen LogP contribution < -0.4 is 16.4 Å². The molecule has 0 saturated carbocycles. The number of fused-ring (bicyclic) bond motifs is 1. The molecular weight excluding hydrogens is 638 g/mol. The number of rotatable bonds is 6. The van der Waals surface area contributed by atoms with E-state index in [4.69, 9.17) is 10.5 Å². The van der Waals surface area contributed by atoms with Crippen molar-refractivity contribution < 1.29 is 19.1 Å². The molecule has 1 unspecified atom stereocenters. The molecule has 0 radical (unpaired) electrons. The number of carbonyl (C=O) groups is 3. The molecule has 4 amide bonds. The van der Waals surface area contributed by atoms with Gasteiger partial charge < -0.3 is 35.8 Å². The smallest absolute Gasteiger partial charge is 0.410 e. The highest BCUT2D eigenvalue weighted by atomic mass is 79.9. The number of urea groups is 1. The summed E-state index contributed by atoms with van der Waals surface area (Å²) in [5.74, 6) is -0.156. The van der Waals surface area contributed by atoms with Gasteiger partial charge in [0, 0.05) is 80.2 Å². The average molecular weight is 683 g/mol. The Bertz CT molecular complexity index is 1370. The number of carbonyl (C=O) groups excluding carboxylic acids is 3. The van der Waals surface area contributed by atoms with Gasteiger partial charge >= 0.3 is 12.1 Å². The van der Waals surface area contributed by atoms with E-state index in [1.54, 1.807) is 11.0 Å². The number of nitrogens with one attached hydrogen (secondary N) is 2. The van der Waals surface area contributed by atoms with Gasteiger partial charge in [-0.05, 0) is 90.4 Å². The van der Waals surface area contributed by atoms with Crippen molar-refractivity contribution in [3.63, 3.8) is 0 Å². The third-order valence-corrected chi connectivity index (χ3v) is 10.4. The highest BCUT2D eigenvalue weighted by Gasteiger charge is 2.36. The van der Waals surface area contributed by atoms with Crippen molar-refractivity contribution in [2.24, 2.45) is 0 Å². The predicted octanol–water partition coefficient (Wildman–Crippen LogP) is 3.53. The molecular formula is C33H44BrN7O4. The zero-order valence-corrected chi connectivity index (χ0v) is 27.3. The Labute approximate surface area is 273 Å². The predicted molar refractivity (Wildman–Crippen MR) is 177 cm³/mol. The molecule has 2 aromatic carbocycles. The molecule has 0 spiro atoms. The number of benzene rings is 2. The molecule has 4 N–H and O–H groups in total. The van der Waals surface area contributed by atoms with Gasteiger partial charge in [0.05, 0.1) is 0 Å². The number of nitrogens with two attached hydrogens (primary N) is 1. The van der Waals surface area contributed by atoms with Gasteiger partial charge in [-0.25, -0.2) is 9.59 Å². The summed E-state index contributed by atoms with van der Waals surface area (Å²) in [5.41, 5.74) is 9.47. The van der Waals surface area contributed by atoms with Crippen molar-refractivity contribution in [3.8, 4) is 0 Å². The van der Waals surface area contributed by atoms with Crippen LogP contribution in [0, 0.1) is 0 Å². The Morgan fingerprint density at radius 3 is 2.38 bits per heavy atom. The minimum atomic E-state index is -0.939. The lowest BCUT2D eigenvalue weighted by atomic mass is 10.0. The second-order valence-electron chi connectivity index (χ2n) is 12.5. The van der Waals surface area contributed by atoms with Crippen LogP contribution in [0.3, 0.4) is 0 Å². The number of ether oxygens (including phenoxy) is 1. The molecule has 4 heterocycles. The van der Waals surface area contributed by atoms with Gasteiger partial charge in [-0.2, -0.15) is 0 Å². The van der Waals surface area contributed by atoms with Crippen LogP contribution in [-0.2, 0) is 22.4 Å². The zero-order valence-electron chi connectivity index (χ0n) is 25.8. The summed E-state index contributed by atoms with van der Waals surface area (Å²) in [6.07, 6.45) is 3.20. The summed E-state index contributed by atoms with van der Waals surface area (Å²) in [6.45, 7) is 6.53. The van der Waals surface area contributed by atoms with E-state index in [9.17, 15) is 14.4 Å². The summed E-state index contributed by atoms with van der Waals surface area (Å²) in [7, 11) is 0. The fourth-order valence-electron chi connectivity index (χ4n) is 7.07. The summed E-state index contributed by atoms with van der Waals surface area (Å²) < 4.78 is 6.77. The van der Waals surface area contributed by atoms with Crippen molar-refractivity contribution in [1.29, 1.82) is 0 Å². The van der Waals surface area contributed by atoms with Gasteiger partial charge in [0.25, 0.3) is 5.91 Å². The molecule has 45 heavy (non-hydrogen) atoms. The van der Waals surface area contributed by atoms with Gasteiger partial charge in [0.1, 0.15) is 0 Å². The number of nitrogen functional groups attached to an aromatic ring is 1. The molecule has 6 rings (SSSR count). The van der Waals surface area contributed by atoms with Crippen LogP contribution in [-0.4, -0.2) is 115 Å². The number of hydrogen-bond acceptors (Lipinski definition) is 7. The number of amides is 4. The number of hydrogen-bond donors (Lipinski definition) is 3. The fourth-order valence-corrected chi connectivity index (χ4v) is 7.49. The van der Waals surface area contributed by atoms with Crippen LogP contribution >= 0.6 is 15.9 Å². The van der Waals surface area contributed by atoms with Crippen LogP contribution in [0.1, 0.15) is 36.8 Å². The second-order valence-corrected chi connectivity index (χ2v) is 13.4. The number of halogens is 1. The normalized spacial score (nSPS) is 21.1. The second kappa shape index (κ2) is 14.4. The van der Waals surface area contributed by atoms with Crippen molar-refractivity contribution >= 4 is 45.3 Å². The molecule has 3 saturated heterocycles. The van der Waals surface area contributed by atoms with E-state index in [-0.39, 0.29) is 24.4 Å². The standard InChI is InChI=1S/C33H44BrN7O4/c34-27-21-23(5-6-28(27)35)22-30(31(42)39-19-17-38(18-20-39)25-7-12-36-13-8-25)45-33(44)40-14-10-26(11-15-40)41-16-9-24-3-1-2-4-29(24)37-32(41)43/h1-6,21,25-26,30,36H,7-20,22,35H2,(H,37,43). The summed E-state index contributed by atoms with van der Waals surface area (Å²) in [4.78, 5) is 48.4. The number of anilines is 2. The maximum atomic E-state index is 13.9. The van der Waals surface area contributed by atoms with Crippen LogP contribution in [0.4, 0.5) is 21.0 Å². The van der Waals surface area contributed by atoms with Crippen LogP contribution in [0.2, 0.25) is 0 Å². The Morgan fingerprint density at radius 2 is 1.64 bits per heavy atom. The lowest BCUT2D eigenvalue weighted by Gasteiger charge is -2.41. The number of likely N-dealkylation sites (tertiary alicyclic amines) is 1. The van der Waals surface area contributed by atoms with E-state index >= 15 is 0 Å². The maximum Gasteiger partial charge on any atom is 0.410 e. The summed E-state index contributed by atoms with van der Waals surface area (Å²) in [5, 5.41) is 6.47. The Hall–Kier alpha value is -3.35. The van der Waals surface area contributed by atoms with Gasteiger partial charge in [-0.15, -0.1) is 0 Å². The van der Waals surface area contributed by atoms with E-state index in [1.165, 1.54) is 0 Å². The third-order valence-electron chi connectivity index (χ3n) is 9.76. The number of piperazine rings is 1. The maximum absolute atomic E-state index is 13.9. The minimum Gasteiger partial charge on any atom is -0.436 e.